The zero-order chi connectivity index (χ0) is 38.9. The van der Waals surface area contributed by atoms with E-state index in [0.717, 1.165) is 62.6 Å². The summed E-state index contributed by atoms with van der Waals surface area (Å²) in [4.78, 5) is 56.6. The van der Waals surface area contributed by atoms with Crippen LogP contribution in [0.1, 0.15) is 145 Å². The molecule has 0 aromatic carbocycles. The van der Waals surface area contributed by atoms with Gasteiger partial charge in [-0.05, 0) is 141 Å². The van der Waals surface area contributed by atoms with Crippen LogP contribution >= 0.6 is 0 Å². The topological polar surface area (TPSA) is 123 Å². The molecule has 6 rings (SSSR count). The van der Waals surface area contributed by atoms with E-state index in [1.165, 1.54) is 5.57 Å². The molecule has 0 radical (unpaired) electrons. The molecule has 9 atom stereocenters. The maximum absolute atomic E-state index is 14.0. The number of carboxylic acid groups (broad SMARTS) is 1. The standard InChI is InChI=1S/C45H64N2O6/c1-27(2)37-31(48)25-45(21-18-35(49)47-28(3)30-13-11-12-24-46-30)23-22-43(9)29(38(37)45)14-15-33-42(8)19-17-34(53-36(50)26-40(4,5)39(51)52)41(6,7)32(42)16-20-44(33,43)10/h11-13,18,21,24,27-29,32-34H,14-17,19-20,22-23,25-26H2,1-10H3,(H,47,49)(H,51,52)/b21-18+/t28-,29-,32+,33-,34+,42+,43-,44-,45+/m1/s1. The fourth-order valence-electron chi connectivity index (χ4n) is 12.9. The van der Waals surface area contributed by atoms with Crippen molar-refractivity contribution in [1.82, 2.24) is 10.3 Å². The van der Waals surface area contributed by atoms with E-state index in [-0.39, 0.29) is 63.8 Å². The number of ether oxygens (including phenoxy) is 1. The van der Waals surface area contributed by atoms with E-state index < -0.39 is 22.8 Å². The first-order valence-corrected chi connectivity index (χ1v) is 20.2. The number of carboxylic acids is 1. The van der Waals surface area contributed by atoms with Crippen LogP contribution in [0, 0.1) is 56.2 Å². The van der Waals surface area contributed by atoms with Gasteiger partial charge in [0.2, 0.25) is 5.91 Å². The van der Waals surface area contributed by atoms with Gasteiger partial charge in [-0.1, -0.05) is 60.6 Å². The van der Waals surface area contributed by atoms with Crippen LogP contribution in [0.4, 0.5) is 0 Å². The van der Waals surface area contributed by atoms with Crippen molar-refractivity contribution >= 4 is 23.6 Å². The average molecular weight is 729 g/mol. The van der Waals surface area contributed by atoms with Crippen LogP contribution in [0.25, 0.3) is 0 Å². The molecule has 290 valence electrons. The van der Waals surface area contributed by atoms with E-state index >= 15 is 0 Å². The number of hydrogen-bond acceptors (Lipinski definition) is 6. The van der Waals surface area contributed by atoms with Gasteiger partial charge in [0.05, 0.1) is 23.6 Å². The fourth-order valence-corrected chi connectivity index (χ4v) is 12.9. The van der Waals surface area contributed by atoms with Crippen molar-refractivity contribution in [2.45, 2.75) is 146 Å². The molecule has 4 fully saturated rings. The Labute approximate surface area is 317 Å². The maximum Gasteiger partial charge on any atom is 0.309 e. The summed E-state index contributed by atoms with van der Waals surface area (Å²) in [6, 6.07) is 5.48. The number of esters is 1. The lowest BCUT2D eigenvalue weighted by molar-refractivity contribution is -0.232. The monoisotopic (exact) mass is 728 g/mol. The van der Waals surface area contributed by atoms with Crippen LogP contribution in [0.15, 0.2) is 47.7 Å². The van der Waals surface area contributed by atoms with Gasteiger partial charge in [-0.2, -0.15) is 0 Å². The van der Waals surface area contributed by atoms with Gasteiger partial charge in [-0.25, -0.2) is 0 Å². The number of rotatable bonds is 9. The van der Waals surface area contributed by atoms with Crippen molar-refractivity contribution < 1.29 is 29.0 Å². The summed E-state index contributed by atoms with van der Waals surface area (Å²) >= 11 is 0. The molecular weight excluding hydrogens is 665 g/mol. The van der Waals surface area contributed by atoms with E-state index in [0.29, 0.717) is 18.3 Å². The van der Waals surface area contributed by atoms with Gasteiger partial charge in [-0.15, -0.1) is 0 Å². The predicted molar refractivity (Wildman–Crippen MR) is 205 cm³/mol. The van der Waals surface area contributed by atoms with Gasteiger partial charge in [0.1, 0.15) is 6.10 Å². The van der Waals surface area contributed by atoms with Crippen LogP contribution < -0.4 is 5.32 Å². The Kier molecular flexibility index (Phi) is 10.0. The van der Waals surface area contributed by atoms with E-state index in [9.17, 15) is 24.3 Å². The first-order chi connectivity index (χ1) is 24.6. The quantitative estimate of drug-likeness (QED) is 0.192. The number of Topliss-reactive ketones (excluding diaryl/α,β-unsaturated/α-hetero) is 1. The minimum atomic E-state index is -1.17. The van der Waals surface area contributed by atoms with Crippen molar-refractivity contribution in [3.63, 3.8) is 0 Å². The smallest absolute Gasteiger partial charge is 0.309 e. The summed E-state index contributed by atoms with van der Waals surface area (Å²) in [5, 5.41) is 12.7. The SMILES string of the molecule is CC(C)C1=C2[C@H]3CC[C@@H]4[C@@]5(C)CC[C@H](OC(=O)CC(C)(C)C(=O)O)C(C)(C)[C@@H]5CC[C@@]4(C)[C@]3(C)CC[C@@]2(/C=C/C(=O)N[C@H](C)c2ccccn2)CC1=O. The molecule has 5 aliphatic rings. The highest BCUT2D eigenvalue weighted by Gasteiger charge is 2.70. The third-order valence-electron chi connectivity index (χ3n) is 15.9. The molecule has 1 aromatic rings. The van der Waals surface area contributed by atoms with Crippen molar-refractivity contribution in [3.05, 3.63) is 53.4 Å². The molecule has 0 spiro atoms. The second-order valence-corrected chi connectivity index (χ2v) is 19.9. The second kappa shape index (κ2) is 13.5. The lowest BCUT2D eigenvalue weighted by Gasteiger charge is -2.72. The van der Waals surface area contributed by atoms with Gasteiger partial charge in [0, 0.05) is 23.4 Å². The summed E-state index contributed by atoms with van der Waals surface area (Å²) in [5.74, 6) is -0.0965. The number of fused-ring (bicyclic) bond motifs is 7. The van der Waals surface area contributed by atoms with E-state index in [2.05, 4.69) is 64.8 Å². The van der Waals surface area contributed by atoms with Gasteiger partial charge < -0.3 is 15.2 Å². The number of amides is 1. The second-order valence-electron chi connectivity index (χ2n) is 19.9. The number of carbonyl (C=O) groups excluding carboxylic acids is 3. The number of aliphatic carboxylic acids is 1. The highest BCUT2D eigenvalue weighted by Crippen LogP contribution is 2.77. The van der Waals surface area contributed by atoms with Gasteiger partial charge >= 0.3 is 11.9 Å². The normalized spacial score (nSPS) is 37.0. The molecule has 0 unspecified atom stereocenters. The Morgan fingerprint density at radius 1 is 0.962 bits per heavy atom. The molecule has 1 heterocycles. The molecule has 5 aliphatic carbocycles. The van der Waals surface area contributed by atoms with E-state index in [1.807, 2.05) is 25.1 Å². The highest BCUT2D eigenvalue weighted by atomic mass is 16.5. The third-order valence-corrected chi connectivity index (χ3v) is 15.9. The number of aromatic nitrogens is 1. The van der Waals surface area contributed by atoms with E-state index in [1.54, 1.807) is 26.1 Å². The number of ketones is 1. The number of allylic oxidation sites excluding steroid dienone is 3. The summed E-state index contributed by atoms with van der Waals surface area (Å²) in [5.41, 5.74) is 1.39. The third kappa shape index (κ3) is 6.32. The number of pyridine rings is 1. The first kappa shape index (κ1) is 39.4. The molecule has 1 amide bonds. The predicted octanol–water partition coefficient (Wildman–Crippen LogP) is 9.21. The maximum atomic E-state index is 14.0. The fraction of sp³-hybridized carbons (Fsp3) is 0.711. The first-order valence-electron chi connectivity index (χ1n) is 20.2. The molecular formula is C45H64N2O6. The Morgan fingerprint density at radius 3 is 2.32 bits per heavy atom. The van der Waals surface area contributed by atoms with Crippen LogP contribution in [0.3, 0.4) is 0 Å². The zero-order valence-corrected chi connectivity index (χ0v) is 33.9. The molecule has 0 saturated heterocycles. The van der Waals surface area contributed by atoms with Crippen molar-refractivity contribution in [2.24, 2.45) is 56.2 Å². The molecule has 0 aliphatic heterocycles. The van der Waals surface area contributed by atoms with Crippen molar-refractivity contribution in [1.29, 1.82) is 0 Å². The Morgan fingerprint density at radius 2 is 1.68 bits per heavy atom. The number of nitrogens with zero attached hydrogens (tertiary/aromatic N) is 1. The molecule has 2 N–H and O–H groups in total. The molecule has 8 nitrogen and oxygen atoms in total. The summed E-state index contributed by atoms with van der Waals surface area (Å²) in [6.45, 7) is 21.5. The summed E-state index contributed by atoms with van der Waals surface area (Å²) in [6.07, 6.45) is 13.4. The lowest BCUT2D eigenvalue weighted by Crippen LogP contribution is -2.65. The van der Waals surface area contributed by atoms with Crippen molar-refractivity contribution in [3.8, 4) is 0 Å². The highest BCUT2D eigenvalue weighted by molar-refractivity contribution is 6.01. The largest absolute Gasteiger partial charge is 0.481 e. The molecule has 53 heavy (non-hydrogen) atoms. The van der Waals surface area contributed by atoms with Crippen LogP contribution in [-0.2, 0) is 23.9 Å². The number of nitrogens with one attached hydrogen (secondary N) is 1. The number of carbonyl (C=O) groups is 4. The Balaban J connectivity index is 1.27. The molecule has 1 aromatic heterocycles. The van der Waals surface area contributed by atoms with Crippen LogP contribution in [0.2, 0.25) is 0 Å². The van der Waals surface area contributed by atoms with Gasteiger partial charge in [-0.3, -0.25) is 24.2 Å². The average Bonchev–Trinajstić information content (AvgIpc) is 3.38. The molecule has 4 saturated carbocycles. The zero-order valence-electron chi connectivity index (χ0n) is 33.9. The summed E-state index contributed by atoms with van der Waals surface area (Å²) in [7, 11) is 0. The minimum Gasteiger partial charge on any atom is -0.481 e. The molecule has 0 bridgehead atoms. The molecule has 8 heteroatoms. The van der Waals surface area contributed by atoms with Gasteiger partial charge in [0.15, 0.2) is 5.78 Å². The van der Waals surface area contributed by atoms with Crippen molar-refractivity contribution in [2.75, 3.05) is 0 Å². The lowest BCUT2D eigenvalue weighted by atomic mass is 9.33. The number of hydrogen-bond donors (Lipinski definition) is 2. The van der Waals surface area contributed by atoms with Gasteiger partial charge in [0.25, 0.3) is 0 Å². The summed E-state index contributed by atoms with van der Waals surface area (Å²) < 4.78 is 6.16. The Bertz CT molecular complexity index is 1710. The Hall–Kier alpha value is -3.29. The minimum absolute atomic E-state index is 0.00699. The van der Waals surface area contributed by atoms with Crippen LogP contribution in [-0.4, -0.2) is 39.8 Å². The van der Waals surface area contributed by atoms with E-state index in [4.69, 9.17) is 4.74 Å². The van der Waals surface area contributed by atoms with Crippen LogP contribution in [0.5, 0.6) is 0 Å².